The van der Waals surface area contributed by atoms with Crippen molar-refractivity contribution < 1.29 is 4.74 Å². The number of aromatic nitrogens is 4. The topological polar surface area (TPSA) is 67.8 Å². The van der Waals surface area contributed by atoms with Gasteiger partial charge in [-0.25, -0.2) is 4.98 Å². The first-order valence-corrected chi connectivity index (χ1v) is 6.08. The molecule has 0 aliphatic carbocycles. The fraction of sp³-hybridized carbons (Fsp3) is 0.231. The minimum Gasteiger partial charge on any atom is -0.383 e. The zero-order chi connectivity index (χ0) is 13.1. The van der Waals surface area contributed by atoms with E-state index < -0.39 is 0 Å². The number of hydrogen-bond donors (Lipinski definition) is 2. The number of fused-ring (bicyclic) bond motifs is 1. The van der Waals surface area contributed by atoms with Crippen LogP contribution in [0.15, 0.2) is 36.7 Å². The lowest BCUT2D eigenvalue weighted by atomic mass is 10.3. The highest BCUT2D eigenvalue weighted by Gasteiger charge is 2.03. The molecule has 0 saturated heterocycles. The highest BCUT2D eigenvalue weighted by Crippen LogP contribution is 2.17. The third-order valence-electron chi connectivity index (χ3n) is 2.81. The summed E-state index contributed by atoms with van der Waals surface area (Å²) in [4.78, 5) is 7.66. The number of anilines is 2. The maximum absolute atomic E-state index is 5.01. The second-order valence-corrected chi connectivity index (χ2v) is 4.21. The normalized spacial score (nSPS) is 11.0. The average Bonchev–Trinajstić information content (AvgIpc) is 3.02. The lowest BCUT2D eigenvalue weighted by Crippen LogP contribution is -2.03. The number of nitrogens with one attached hydrogen (secondary N) is 2. The van der Waals surface area contributed by atoms with Crippen molar-refractivity contribution in [2.75, 3.05) is 19.0 Å². The fourth-order valence-electron chi connectivity index (χ4n) is 1.88. The van der Waals surface area contributed by atoms with Gasteiger partial charge in [0.05, 0.1) is 36.1 Å². The Balaban J connectivity index is 1.75. The molecular weight excluding hydrogens is 242 g/mol. The van der Waals surface area contributed by atoms with Crippen molar-refractivity contribution in [1.82, 2.24) is 19.7 Å². The predicted octanol–water partition coefficient (Wildman–Crippen LogP) is 2.15. The Kier molecular flexibility index (Phi) is 3.16. The number of para-hydroxylation sites is 2. The van der Waals surface area contributed by atoms with E-state index >= 15 is 0 Å². The molecule has 0 saturated carbocycles. The molecule has 0 atom stereocenters. The van der Waals surface area contributed by atoms with Crippen LogP contribution in [0.1, 0.15) is 0 Å². The standard InChI is InChI=1S/C13H15N5O/c1-19-7-6-18-9-10(8-14-18)15-13-16-11-4-2-3-5-12(11)17-13/h2-5,8-9H,6-7H2,1H3,(H2,15,16,17). The molecule has 0 fully saturated rings. The number of aromatic amines is 1. The second-order valence-electron chi connectivity index (χ2n) is 4.21. The van der Waals surface area contributed by atoms with Crippen LogP contribution in [0.3, 0.4) is 0 Å². The zero-order valence-corrected chi connectivity index (χ0v) is 10.6. The minimum atomic E-state index is 0.645. The van der Waals surface area contributed by atoms with E-state index in [1.807, 2.05) is 35.1 Å². The van der Waals surface area contributed by atoms with Crippen LogP contribution < -0.4 is 5.32 Å². The van der Waals surface area contributed by atoms with Crippen molar-refractivity contribution in [1.29, 1.82) is 0 Å². The Morgan fingerprint density at radius 3 is 3.11 bits per heavy atom. The first-order valence-electron chi connectivity index (χ1n) is 6.08. The first kappa shape index (κ1) is 11.7. The van der Waals surface area contributed by atoms with Crippen molar-refractivity contribution in [3.05, 3.63) is 36.7 Å². The lowest BCUT2D eigenvalue weighted by Gasteiger charge is -1.99. The summed E-state index contributed by atoms with van der Waals surface area (Å²) in [7, 11) is 1.68. The minimum absolute atomic E-state index is 0.645. The number of ether oxygens (including phenoxy) is 1. The summed E-state index contributed by atoms with van der Waals surface area (Å²) < 4.78 is 6.84. The molecule has 0 amide bonds. The quantitative estimate of drug-likeness (QED) is 0.735. The molecule has 0 aliphatic rings. The Bertz CT molecular complexity index is 639. The van der Waals surface area contributed by atoms with Gasteiger partial charge in [-0.05, 0) is 12.1 Å². The van der Waals surface area contributed by atoms with Gasteiger partial charge in [0.25, 0.3) is 0 Å². The van der Waals surface area contributed by atoms with Gasteiger partial charge < -0.3 is 15.0 Å². The van der Waals surface area contributed by atoms with Gasteiger partial charge in [0.15, 0.2) is 0 Å². The number of H-pyrrole nitrogens is 1. The molecule has 6 nitrogen and oxygen atoms in total. The zero-order valence-electron chi connectivity index (χ0n) is 10.6. The summed E-state index contributed by atoms with van der Waals surface area (Å²) in [6, 6.07) is 7.91. The van der Waals surface area contributed by atoms with E-state index in [1.165, 1.54) is 0 Å². The summed E-state index contributed by atoms with van der Waals surface area (Å²) in [5, 5.41) is 7.44. The molecule has 2 N–H and O–H groups in total. The van der Waals surface area contributed by atoms with Crippen molar-refractivity contribution in [2.45, 2.75) is 6.54 Å². The molecule has 19 heavy (non-hydrogen) atoms. The SMILES string of the molecule is COCCn1cc(Nc2nc3ccccc3[nH]2)cn1. The molecule has 6 heteroatoms. The van der Waals surface area contributed by atoms with Crippen LogP contribution in [0.4, 0.5) is 11.6 Å². The molecule has 0 bridgehead atoms. The fourth-order valence-corrected chi connectivity index (χ4v) is 1.88. The molecule has 0 aliphatic heterocycles. The van der Waals surface area contributed by atoms with Crippen LogP contribution in [-0.2, 0) is 11.3 Å². The van der Waals surface area contributed by atoms with Gasteiger partial charge in [0, 0.05) is 13.3 Å². The van der Waals surface area contributed by atoms with Crippen LogP contribution in [0.25, 0.3) is 11.0 Å². The Hall–Kier alpha value is -2.34. The van der Waals surface area contributed by atoms with E-state index in [0.29, 0.717) is 12.6 Å². The summed E-state index contributed by atoms with van der Waals surface area (Å²) >= 11 is 0. The highest BCUT2D eigenvalue weighted by atomic mass is 16.5. The largest absolute Gasteiger partial charge is 0.383 e. The van der Waals surface area contributed by atoms with E-state index in [4.69, 9.17) is 4.74 Å². The van der Waals surface area contributed by atoms with Gasteiger partial charge in [-0.2, -0.15) is 5.10 Å². The molecule has 0 unspecified atom stereocenters. The molecule has 0 radical (unpaired) electrons. The van der Waals surface area contributed by atoms with Gasteiger partial charge in [-0.3, -0.25) is 4.68 Å². The maximum atomic E-state index is 5.01. The van der Waals surface area contributed by atoms with Crippen LogP contribution >= 0.6 is 0 Å². The lowest BCUT2D eigenvalue weighted by molar-refractivity contribution is 0.183. The van der Waals surface area contributed by atoms with Crippen molar-refractivity contribution in [3.8, 4) is 0 Å². The Labute approximate surface area is 110 Å². The van der Waals surface area contributed by atoms with Crippen molar-refractivity contribution in [2.24, 2.45) is 0 Å². The second kappa shape index (κ2) is 5.11. The number of methoxy groups -OCH3 is 1. The molecule has 3 rings (SSSR count). The number of benzene rings is 1. The van der Waals surface area contributed by atoms with E-state index in [9.17, 15) is 0 Å². The third kappa shape index (κ3) is 2.58. The summed E-state index contributed by atoms with van der Waals surface area (Å²) in [5.41, 5.74) is 2.85. The molecule has 98 valence electrons. The average molecular weight is 257 g/mol. The van der Waals surface area contributed by atoms with Crippen molar-refractivity contribution >= 4 is 22.7 Å². The molecule has 2 aromatic heterocycles. The smallest absolute Gasteiger partial charge is 0.205 e. The molecule has 2 heterocycles. The van der Waals surface area contributed by atoms with Gasteiger partial charge in [-0.1, -0.05) is 12.1 Å². The van der Waals surface area contributed by atoms with E-state index in [2.05, 4.69) is 20.4 Å². The third-order valence-corrected chi connectivity index (χ3v) is 2.81. The predicted molar refractivity (Wildman–Crippen MR) is 73.5 cm³/mol. The van der Waals surface area contributed by atoms with E-state index in [-0.39, 0.29) is 0 Å². The van der Waals surface area contributed by atoms with Crippen molar-refractivity contribution in [3.63, 3.8) is 0 Å². The number of rotatable bonds is 5. The molecule has 1 aromatic carbocycles. The summed E-state index contributed by atoms with van der Waals surface area (Å²) in [5.74, 6) is 0.715. The van der Waals surface area contributed by atoms with Crippen LogP contribution in [0, 0.1) is 0 Å². The van der Waals surface area contributed by atoms with Gasteiger partial charge in [0.2, 0.25) is 5.95 Å². The Morgan fingerprint density at radius 1 is 1.37 bits per heavy atom. The van der Waals surface area contributed by atoms with Crippen LogP contribution in [0.5, 0.6) is 0 Å². The number of nitrogens with zero attached hydrogens (tertiary/aromatic N) is 3. The number of imidazole rings is 1. The highest BCUT2D eigenvalue weighted by molar-refractivity contribution is 5.78. The van der Waals surface area contributed by atoms with E-state index in [1.54, 1.807) is 13.3 Å². The van der Waals surface area contributed by atoms with Crippen LogP contribution in [0.2, 0.25) is 0 Å². The van der Waals surface area contributed by atoms with Gasteiger partial charge in [0.1, 0.15) is 0 Å². The van der Waals surface area contributed by atoms with E-state index in [0.717, 1.165) is 23.3 Å². The molecular formula is C13H15N5O. The molecule has 0 spiro atoms. The maximum Gasteiger partial charge on any atom is 0.205 e. The molecule has 3 aromatic rings. The Morgan fingerprint density at radius 2 is 2.26 bits per heavy atom. The van der Waals surface area contributed by atoms with Gasteiger partial charge in [-0.15, -0.1) is 0 Å². The van der Waals surface area contributed by atoms with Gasteiger partial charge >= 0.3 is 0 Å². The summed E-state index contributed by atoms with van der Waals surface area (Å²) in [6.07, 6.45) is 3.69. The number of hydrogen-bond acceptors (Lipinski definition) is 4. The monoisotopic (exact) mass is 257 g/mol. The summed E-state index contributed by atoms with van der Waals surface area (Å²) in [6.45, 7) is 1.38. The van der Waals surface area contributed by atoms with Crippen LogP contribution in [-0.4, -0.2) is 33.5 Å². The first-order chi connectivity index (χ1) is 9.35.